The van der Waals surface area contributed by atoms with Crippen molar-refractivity contribution in [2.45, 2.75) is 38.7 Å². The zero-order chi connectivity index (χ0) is 13.0. The average molecular weight is 247 g/mol. The Labute approximate surface area is 108 Å². The summed E-state index contributed by atoms with van der Waals surface area (Å²) in [5.74, 6) is 0.181. The maximum Gasteiger partial charge on any atom is 0.222 e. The minimum Gasteiger partial charge on any atom is -0.387 e. The second-order valence-electron chi connectivity index (χ2n) is 5.02. The summed E-state index contributed by atoms with van der Waals surface area (Å²) in [4.78, 5) is 13.7. The molecule has 3 heteroatoms. The minimum absolute atomic E-state index is 0.181. The second kappa shape index (κ2) is 6.01. The van der Waals surface area contributed by atoms with Crippen LogP contribution in [0.15, 0.2) is 24.3 Å². The molecule has 98 valence electrons. The van der Waals surface area contributed by atoms with E-state index in [1.807, 2.05) is 36.1 Å². The molecular formula is C15H21NO2. The van der Waals surface area contributed by atoms with Crippen molar-refractivity contribution in [1.29, 1.82) is 0 Å². The maximum atomic E-state index is 11.9. The van der Waals surface area contributed by atoms with E-state index < -0.39 is 6.10 Å². The van der Waals surface area contributed by atoms with Crippen LogP contribution < -0.4 is 0 Å². The molecule has 1 heterocycles. The average Bonchev–Trinajstić information content (AvgIpc) is 2.55. The molecule has 2 rings (SSSR count). The Bertz CT molecular complexity index is 417. The number of carbonyl (C=O) groups is 1. The van der Waals surface area contributed by atoms with E-state index >= 15 is 0 Å². The zero-order valence-electron chi connectivity index (χ0n) is 10.9. The van der Waals surface area contributed by atoms with Crippen molar-refractivity contribution in [3.05, 3.63) is 35.4 Å². The predicted molar refractivity (Wildman–Crippen MR) is 71.2 cm³/mol. The smallest absolute Gasteiger partial charge is 0.222 e. The number of aliphatic hydroxyl groups excluding tert-OH is 1. The molecule has 1 atom stereocenters. The fourth-order valence-corrected chi connectivity index (χ4v) is 2.50. The largest absolute Gasteiger partial charge is 0.387 e. The Morgan fingerprint density at radius 1 is 1.28 bits per heavy atom. The highest BCUT2D eigenvalue weighted by Crippen LogP contribution is 2.20. The van der Waals surface area contributed by atoms with Crippen LogP contribution >= 0.6 is 0 Å². The van der Waals surface area contributed by atoms with Crippen LogP contribution in [0.1, 0.15) is 42.9 Å². The number of hydrogen-bond donors (Lipinski definition) is 1. The van der Waals surface area contributed by atoms with Gasteiger partial charge in [0.15, 0.2) is 0 Å². The minimum atomic E-state index is -0.576. The summed E-state index contributed by atoms with van der Waals surface area (Å²) in [6.45, 7) is 3.19. The third kappa shape index (κ3) is 3.10. The second-order valence-corrected chi connectivity index (χ2v) is 5.02. The van der Waals surface area contributed by atoms with Gasteiger partial charge in [-0.05, 0) is 30.9 Å². The fraction of sp³-hybridized carbons (Fsp3) is 0.533. The normalized spacial score (nSPS) is 18.6. The number of nitrogens with zero attached hydrogens (tertiary/aromatic N) is 1. The Morgan fingerprint density at radius 3 is 2.83 bits per heavy atom. The lowest BCUT2D eigenvalue weighted by Crippen LogP contribution is -2.34. The molecule has 1 aliphatic rings. The van der Waals surface area contributed by atoms with Crippen LogP contribution in [0.4, 0.5) is 0 Å². The monoisotopic (exact) mass is 247 g/mol. The van der Waals surface area contributed by atoms with Crippen molar-refractivity contribution in [3.63, 3.8) is 0 Å². The molecule has 1 aliphatic heterocycles. The van der Waals surface area contributed by atoms with E-state index in [4.69, 9.17) is 0 Å². The molecule has 0 bridgehead atoms. The van der Waals surface area contributed by atoms with Gasteiger partial charge < -0.3 is 10.0 Å². The number of β-amino-alcohol motifs (C(OH)–C–C–N with tert-alkyl or cyclic N) is 1. The van der Waals surface area contributed by atoms with E-state index in [0.29, 0.717) is 13.0 Å². The summed E-state index contributed by atoms with van der Waals surface area (Å²) in [6.07, 6.45) is 3.19. The first-order valence-electron chi connectivity index (χ1n) is 6.70. The molecular weight excluding hydrogens is 226 g/mol. The van der Waals surface area contributed by atoms with Gasteiger partial charge in [-0.2, -0.15) is 0 Å². The van der Waals surface area contributed by atoms with Gasteiger partial charge in [0.1, 0.15) is 0 Å². The van der Waals surface area contributed by atoms with E-state index in [1.165, 1.54) is 0 Å². The van der Waals surface area contributed by atoms with Gasteiger partial charge in [-0.25, -0.2) is 0 Å². The summed E-state index contributed by atoms with van der Waals surface area (Å²) >= 11 is 0. The molecule has 1 saturated heterocycles. The quantitative estimate of drug-likeness (QED) is 0.891. The Hall–Kier alpha value is -1.35. The molecule has 18 heavy (non-hydrogen) atoms. The molecule has 0 aromatic heterocycles. The summed E-state index contributed by atoms with van der Waals surface area (Å²) < 4.78 is 0. The number of carbonyl (C=O) groups excluding carboxylic acids is 1. The van der Waals surface area contributed by atoms with Crippen LogP contribution in [0.2, 0.25) is 0 Å². The van der Waals surface area contributed by atoms with Gasteiger partial charge in [0.05, 0.1) is 12.6 Å². The summed E-state index contributed by atoms with van der Waals surface area (Å²) in [5.41, 5.74) is 2.00. The maximum absolute atomic E-state index is 11.9. The molecule has 3 nitrogen and oxygen atoms in total. The third-order valence-corrected chi connectivity index (χ3v) is 3.61. The number of likely N-dealkylation sites (tertiary alicyclic amines) is 1. The number of aryl methyl sites for hydroxylation is 1. The molecule has 0 aliphatic carbocycles. The predicted octanol–water partition coefficient (Wildman–Crippen LogP) is 2.43. The van der Waals surface area contributed by atoms with E-state index in [2.05, 4.69) is 0 Å². The van der Waals surface area contributed by atoms with Crippen LogP contribution in [0.25, 0.3) is 0 Å². The van der Waals surface area contributed by atoms with Gasteiger partial charge in [0, 0.05) is 13.0 Å². The van der Waals surface area contributed by atoms with Crippen molar-refractivity contribution < 1.29 is 9.90 Å². The highest BCUT2D eigenvalue weighted by molar-refractivity contribution is 5.76. The molecule has 1 amide bonds. The Kier molecular flexibility index (Phi) is 4.37. The van der Waals surface area contributed by atoms with Crippen molar-refractivity contribution in [1.82, 2.24) is 4.90 Å². The van der Waals surface area contributed by atoms with Crippen molar-refractivity contribution in [2.24, 2.45) is 0 Å². The first-order chi connectivity index (χ1) is 8.68. The molecule has 1 N–H and O–H groups in total. The lowest BCUT2D eigenvalue weighted by atomic mass is 10.0. The van der Waals surface area contributed by atoms with Crippen LogP contribution in [0, 0.1) is 6.92 Å². The molecule has 0 radical (unpaired) electrons. The van der Waals surface area contributed by atoms with Crippen LogP contribution in [-0.4, -0.2) is 29.0 Å². The Morgan fingerprint density at radius 2 is 2.06 bits per heavy atom. The van der Waals surface area contributed by atoms with Crippen LogP contribution in [0.5, 0.6) is 0 Å². The van der Waals surface area contributed by atoms with Gasteiger partial charge >= 0.3 is 0 Å². The van der Waals surface area contributed by atoms with Gasteiger partial charge in [-0.15, -0.1) is 0 Å². The van der Waals surface area contributed by atoms with Gasteiger partial charge in [-0.1, -0.05) is 30.7 Å². The van der Waals surface area contributed by atoms with Crippen LogP contribution in [-0.2, 0) is 4.79 Å². The number of rotatable bonds is 3. The first kappa shape index (κ1) is 13.1. The fourth-order valence-electron chi connectivity index (χ4n) is 2.50. The van der Waals surface area contributed by atoms with Crippen molar-refractivity contribution in [2.75, 3.05) is 13.1 Å². The summed E-state index contributed by atoms with van der Waals surface area (Å²) in [6, 6.07) is 7.81. The SMILES string of the molecule is Cc1ccccc1C(O)CN1CCCCCC1=O. The molecule has 0 spiro atoms. The van der Waals surface area contributed by atoms with Gasteiger partial charge in [0.25, 0.3) is 0 Å². The lowest BCUT2D eigenvalue weighted by Gasteiger charge is -2.24. The molecule has 1 aromatic rings. The lowest BCUT2D eigenvalue weighted by molar-refractivity contribution is -0.132. The molecule has 1 unspecified atom stereocenters. The number of hydrogen-bond acceptors (Lipinski definition) is 2. The van der Waals surface area contributed by atoms with E-state index in [0.717, 1.165) is 36.9 Å². The molecule has 1 fully saturated rings. The van der Waals surface area contributed by atoms with Crippen molar-refractivity contribution >= 4 is 5.91 Å². The van der Waals surface area contributed by atoms with E-state index in [9.17, 15) is 9.90 Å². The highest BCUT2D eigenvalue weighted by Gasteiger charge is 2.20. The molecule has 1 aromatic carbocycles. The number of aliphatic hydroxyl groups is 1. The van der Waals surface area contributed by atoms with E-state index in [-0.39, 0.29) is 5.91 Å². The van der Waals surface area contributed by atoms with Crippen molar-refractivity contribution in [3.8, 4) is 0 Å². The standard InChI is InChI=1S/C15H21NO2/c1-12-7-4-5-8-13(12)14(17)11-16-10-6-2-3-9-15(16)18/h4-5,7-8,14,17H,2-3,6,9-11H2,1H3. The third-order valence-electron chi connectivity index (χ3n) is 3.61. The van der Waals surface area contributed by atoms with Crippen LogP contribution in [0.3, 0.4) is 0 Å². The van der Waals surface area contributed by atoms with Gasteiger partial charge in [-0.3, -0.25) is 4.79 Å². The topological polar surface area (TPSA) is 40.5 Å². The van der Waals surface area contributed by atoms with E-state index in [1.54, 1.807) is 0 Å². The first-order valence-corrected chi connectivity index (χ1v) is 6.70. The summed E-state index contributed by atoms with van der Waals surface area (Å²) in [7, 11) is 0. The highest BCUT2D eigenvalue weighted by atomic mass is 16.3. The molecule has 0 saturated carbocycles. The summed E-state index contributed by atoms with van der Waals surface area (Å²) in [5, 5.41) is 10.3. The number of benzene rings is 1. The Balaban J connectivity index is 2.04. The zero-order valence-corrected chi connectivity index (χ0v) is 10.9. The van der Waals surface area contributed by atoms with Gasteiger partial charge in [0.2, 0.25) is 5.91 Å². The number of amides is 1.